The first-order valence-corrected chi connectivity index (χ1v) is 5.30. The summed E-state index contributed by atoms with van der Waals surface area (Å²) in [6.07, 6.45) is 2.17. The number of hydrogen-bond acceptors (Lipinski definition) is 3. The molecule has 1 aromatic rings. The van der Waals surface area contributed by atoms with E-state index < -0.39 is 0 Å². The van der Waals surface area contributed by atoms with E-state index in [-0.39, 0.29) is 0 Å². The molecule has 0 radical (unpaired) electrons. The Morgan fingerprint density at radius 3 is 2.83 bits per heavy atom. The zero-order chi connectivity index (χ0) is 8.39. The average Bonchev–Trinajstić information content (AvgIpc) is 2.54. The van der Waals surface area contributed by atoms with Crippen molar-refractivity contribution in [3.05, 3.63) is 15.5 Å². The van der Waals surface area contributed by atoms with Crippen LogP contribution in [0.15, 0.2) is 5.38 Å². The molecule has 2 rings (SSSR count). The highest BCUT2D eigenvalue weighted by Gasteiger charge is 2.18. The van der Waals surface area contributed by atoms with Gasteiger partial charge in [0.2, 0.25) is 0 Å². The lowest BCUT2D eigenvalue weighted by molar-refractivity contribution is 0.0853. The third-order valence-corrected chi connectivity index (χ3v) is 3.39. The lowest BCUT2D eigenvalue weighted by Crippen LogP contribution is -2.13. The number of thiazole rings is 1. The Labute approximate surface area is 80.5 Å². The molecule has 1 aliphatic heterocycles. The van der Waals surface area contributed by atoms with E-state index in [2.05, 4.69) is 4.98 Å². The Morgan fingerprint density at radius 2 is 2.25 bits per heavy atom. The van der Waals surface area contributed by atoms with Gasteiger partial charge in [-0.15, -0.1) is 11.3 Å². The van der Waals surface area contributed by atoms with Gasteiger partial charge in [-0.25, -0.2) is 4.98 Å². The maximum atomic E-state index is 5.75. The summed E-state index contributed by atoms with van der Waals surface area (Å²) < 4.78 is 5.27. The van der Waals surface area contributed by atoms with Crippen LogP contribution in [0.5, 0.6) is 0 Å². The largest absolute Gasteiger partial charge is 0.381 e. The molecular formula is C8H10ClNOS. The van der Waals surface area contributed by atoms with Gasteiger partial charge in [0.05, 0.1) is 5.01 Å². The molecule has 0 spiro atoms. The van der Waals surface area contributed by atoms with Crippen LogP contribution < -0.4 is 0 Å². The number of nitrogens with zero attached hydrogens (tertiary/aromatic N) is 1. The molecule has 1 fully saturated rings. The predicted octanol–water partition coefficient (Wildman–Crippen LogP) is 2.69. The van der Waals surface area contributed by atoms with Crippen molar-refractivity contribution in [3.63, 3.8) is 0 Å². The average molecular weight is 204 g/mol. The Hall–Kier alpha value is -0.120. The van der Waals surface area contributed by atoms with Gasteiger partial charge in [0.25, 0.3) is 0 Å². The van der Waals surface area contributed by atoms with Gasteiger partial charge < -0.3 is 4.74 Å². The predicted molar refractivity (Wildman–Crippen MR) is 49.9 cm³/mol. The minimum Gasteiger partial charge on any atom is -0.381 e. The molecule has 12 heavy (non-hydrogen) atoms. The van der Waals surface area contributed by atoms with Gasteiger partial charge in [-0.05, 0) is 12.8 Å². The van der Waals surface area contributed by atoms with Crippen molar-refractivity contribution in [2.75, 3.05) is 13.2 Å². The fourth-order valence-electron chi connectivity index (χ4n) is 1.40. The highest BCUT2D eigenvalue weighted by Crippen LogP contribution is 2.30. The smallest absolute Gasteiger partial charge is 0.140 e. The van der Waals surface area contributed by atoms with E-state index in [0.29, 0.717) is 11.1 Å². The first kappa shape index (κ1) is 8.48. The molecule has 0 aliphatic carbocycles. The number of aromatic nitrogens is 1. The Bertz CT molecular complexity index is 257. The summed E-state index contributed by atoms with van der Waals surface area (Å²) in [4.78, 5) is 4.26. The number of hydrogen-bond donors (Lipinski definition) is 0. The molecule has 1 aliphatic rings. The molecule has 0 aromatic carbocycles. The van der Waals surface area contributed by atoms with E-state index in [1.165, 1.54) is 5.01 Å². The van der Waals surface area contributed by atoms with Crippen molar-refractivity contribution in [2.45, 2.75) is 18.8 Å². The normalized spacial score (nSPS) is 19.8. The molecule has 1 aromatic heterocycles. The zero-order valence-electron chi connectivity index (χ0n) is 6.62. The number of rotatable bonds is 1. The van der Waals surface area contributed by atoms with Gasteiger partial charge in [0.15, 0.2) is 0 Å². The van der Waals surface area contributed by atoms with Crippen molar-refractivity contribution < 1.29 is 4.74 Å². The molecule has 4 heteroatoms. The summed E-state index contributed by atoms with van der Waals surface area (Å²) in [5.74, 6) is 0.580. The van der Waals surface area contributed by atoms with Crippen LogP contribution in [-0.4, -0.2) is 18.2 Å². The molecule has 66 valence electrons. The third kappa shape index (κ3) is 1.79. The maximum Gasteiger partial charge on any atom is 0.140 e. The highest BCUT2D eigenvalue weighted by molar-refractivity contribution is 7.10. The summed E-state index contributed by atoms with van der Waals surface area (Å²) in [7, 11) is 0. The number of ether oxygens (including phenoxy) is 1. The molecule has 0 unspecified atom stereocenters. The van der Waals surface area contributed by atoms with Gasteiger partial charge in [0, 0.05) is 24.5 Å². The lowest BCUT2D eigenvalue weighted by atomic mass is 10.0. The quantitative estimate of drug-likeness (QED) is 0.700. The minimum atomic E-state index is 0.580. The van der Waals surface area contributed by atoms with Crippen molar-refractivity contribution in [1.82, 2.24) is 4.98 Å². The molecule has 0 amide bonds. The SMILES string of the molecule is Clc1csc(C2CCOCC2)n1. The van der Waals surface area contributed by atoms with E-state index in [0.717, 1.165) is 26.1 Å². The Balaban J connectivity index is 2.08. The second kappa shape index (κ2) is 3.73. The third-order valence-electron chi connectivity index (χ3n) is 2.06. The van der Waals surface area contributed by atoms with E-state index >= 15 is 0 Å². The van der Waals surface area contributed by atoms with E-state index in [1.54, 1.807) is 11.3 Å². The molecule has 0 N–H and O–H groups in total. The fourth-order valence-corrected chi connectivity index (χ4v) is 2.52. The monoisotopic (exact) mass is 203 g/mol. The van der Waals surface area contributed by atoms with Gasteiger partial charge in [-0.1, -0.05) is 11.6 Å². The van der Waals surface area contributed by atoms with Crippen LogP contribution in [0.4, 0.5) is 0 Å². The summed E-state index contributed by atoms with van der Waals surface area (Å²) in [5, 5.41) is 3.69. The fraction of sp³-hybridized carbons (Fsp3) is 0.625. The molecule has 2 heterocycles. The van der Waals surface area contributed by atoms with Crippen molar-refractivity contribution in [1.29, 1.82) is 0 Å². The standard InChI is InChI=1S/C8H10ClNOS/c9-7-5-12-8(10-7)6-1-3-11-4-2-6/h5-6H,1-4H2. The number of halogens is 1. The summed E-state index contributed by atoms with van der Waals surface area (Å²) in [5.41, 5.74) is 0. The van der Waals surface area contributed by atoms with Gasteiger partial charge >= 0.3 is 0 Å². The lowest BCUT2D eigenvalue weighted by Gasteiger charge is -2.19. The van der Waals surface area contributed by atoms with Crippen LogP contribution >= 0.6 is 22.9 Å². The second-order valence-corrected chi connectivity index (χ2v) is 4.17. The molecule has 1 saturated heterocycles. The Morgan fingerprint density at radius 1 is 1.50 bits per heavy atom. The Kier molecular flexibility index (Phi) is 2.63. The van der Waals surface area contributed by atoms with Crippen LogP contribution in [0.25, 0.3) is 0 Å². The van der Waals surface area contributed by atoms with E-state index in [9.17, 15) is 0 Å². The minimum absolute atomic E-state index is 0.580. The van der Waals surface area contributed by atoms with Crippen LogP contribution in [0.2, 0.25) is 5.15 Å². The molecular weight excluding hydrogens is 194 g/mol. The second-order valence-electron chi connectivity index (χ2n) is 2.90. The van der Waals surface area contributed by atoms with Crippen molar-refractivity contribution in [2.24, 2.45) is 0 Å². The van der Waals surface area contributed by atoms with Crippen molar-refractivity contribution >= 4 is 22.9 Å². The zero-order valence-corrected chi connectivity index (χ0v) is 8.20. The topological polar surface area (TPSA) is 22.1 Å². The summed E-state index contributed by atoms with van der Waals surface area (Å²) >= 11 is 7.41. The van der Waals surface area contributed by atoms with Crippen LogP contribution in [0.3, 0.4) is 0 Å². The molecule has 0 saturated carbocycles. The van der Waals surface area contributed by atoms with Gasteiger partial charge in [-0.2, -0.15) is 0 Å². The highest BCUT2D eigenvalue weighted by atomic mass is 35.5. The van der Waals surface area contributed by atoms with E-state index in [1.807, 2.05) is 5.38 Å². The van der Waals surface area contributed by atoms with E-state index in [4.69, 9.17) is 16.3 Å². The van der Waals surface area contributed by atoms with Crippen LogP contribution in [0, 0.1) is 0 Å². The summed E-state index contributed by atoms with van der Waals surface area (Å²) in [6, 6.07) is 0. The molecule has 0 atom stereocenters. The van der Waals surface area contributed by atoms with Crippen LogP contribution in [0.1, 0.15) is 23.8 Å². The maximum absolute atomic E-state index is 5.75. The molecule has 2 nitrogen and oxygen atoms in total. The first-order chi connectivity index (χ1) is 5.86. The van der Waals surface area contributed by atoms with Gasteiger partial charge in [0.1, 0.15) is 5.15 Å². The first-order valence-electron chi connectivity index (χ1n) is 4.05. The van der Waals surface area contributed by atoms with Crippen molar-refractivity contribution in [3.8, 4) is 0 Å². The van der Waals surface area contributed by atoms with Gasteiger partial charge in [-0.3, -0.25) is 0 Å². The summed E-state index contributed by atoms with van der Waals surface area (Å²) in [6.45, 7) is 1.73. The van der Waals surface area contributed by atoms with Crippen LogP contribution in [-0.2, 0) is 4.74 Å². The molecule has 0 bridgehead atoms.